The molecular weight excluding hydrogens is 378 g/mol. The molecule has 0 radical (unpaired) electrons. The lowest BCUT2D eigenvalue weighted by Gasteiger charge is -2.22. The second-order valence-corrected chi connectivity index (χ2v) is 6.91. The second-order valence-electron chi connectivity index (χ2n) is 6.91. The number of benzene rings is 1. The van der Waals surface area contributed by atoms with Crippen LogP contribution in [0.3, 0.4) is 0 Å². The zero-order valence-corrected chi connectivity index (χ0v) is 14.9. The molecule has 1 aromatic rings. The average Bonchev–Trinajstić information content (AvgIpc) is 3.25. The van der Waals surface area contributed by atoms with Crippen LogP contribution < -0.4 is 20.4 Å². The molecule has 3 heterocycles. The maximum Gasteiger partial charge on any atom is 0.414 e. The predicted octanol–water partition coefficient (Wildman–Crippen LogP) is 0.723. The van der Waals surface area contributed by atoms with Gasteiger partial charge in [-0.15, -0.1) is 0 Å². The number of cyclic esters (lactones) is 1. The molecule has 3 aliphatic heterocycles. The molecule has 1 aromatic carbocycles. The number of nitrogens with one attached hydrogen (secondary N) is 2. The Labute approximate surface area is 158 Å². The Bertz CT molecular complexity index is 812. The predicted molar refractivity (Wildman–Crippen MR) is 92.1 cm³/mol. The standard InChI is InChI=1S/C17H18F2N4O5/c1-8(24)20-4-10-5-23(17(26)27-10)9-2-11(18)15(12(19)3-9)22-6-13-14(7-22)28-16(25)21-13/h2-3,10,13-14H,4-7H2,1H3,(H,20,24)(H,21,25)/t10-,13-,14+/m0/s1. The third-order valence-corrected chi connectivity index (χ3v) is 4.91. The summed E-state index contributed by atoms with van der Waals surface area (Å²) in [6.45, 7) is 1.89. The number of hydrogen-bond acceptors (Lipinski definition) is 6. The summed E-state index contributed by atoms with van der Waals surface area (Å²) in [5.74, 6) is -1.94. The summed E-state index contributed by atoms with van der Waals surface area (Å²) >= 11 is 0. The highest BCUT2D eigenvalue weighted by atomic mass is 19.1. The minimum atomic E-state index is -0.834. The van der Waals surface area contributed by atoms with E-state index in [-0.39, 0.29) is 49.5 Å². The van der Waals surface area contributed by atoms with E-state index >= 15 is 0 Å². The fraction of sp³-hybridized carbons (Fsp3) is 0.471. The molecule has 0 aromatic heterocycles. The van der Waals surface area contributed by atoms with Crippen molar-refractivity contribution >= 4 is 29.5 Å². The third kappa shape index (κ3) is 3.27. The van der Waals surface area contributed by atoms with Crippen molar-refractivity contribution in [3.8, 4) is 0 Å². The summed E-state index contributed by atoms with van der Waals surface area (Å²) in [6.07, 6.45) is -2.35. The van der Waals surface area contributed by atoms with Gasteiger partial charge in [-0.25, -0.2) is 18.4 Å². The highest BCUT2D eigenvalue weighted by Gasteiger charge is 2.43. The number of alkyl carbamates (subject to hydrolysis) is 1. The molecule has 3 amide bonds. The van der Waals surface area contributed by atoms with Gasteiger partial charge in [0.15, 0.2) is 11.6 Å². The van der Waals surface area contributed by atoms with Crippen molar-refractivity contribution in [2.24, 2.45) is 0 Å². The molecule has 0 saturated carbocycles. The first-order valence-electron chi connectivity index (χ1n) is 8.75. The molecule has 0 spiro atoms. The van der Waals surface area contributed by atoms with Gasteiger partial charge in [-0.1, -0.05) is 0 Å². The first-order valence-corrected chi connectivity index (χ1v) is 8.75. The van der Waals surface area contributed by atoms with Gasteiger partial charge in [0, 0.05) is 25.6 Å². The number of nitrogens with zero attached hydrogens (tertiary/aromatic N) is 2. The minimum Gasteiger partial charge on any atom is -0.442 e. The van der Waals surface area contributed by atoms with Crippen LogP contribution in [0.2, 0.25) is 0 Å². The average molecular weight is 396 g/mol. The maximum absolute atomic E-state index is 14.7. The zero-order valence-electron chi connectivity index (χ0n) is 14.9. The Balaban J connectivity index is 1.50. The van der Waals surface area contributed by atoms with Crippen LogP contribution in [0.1, 0.15) is 6.92 Å². The molecule has 150 valence electrons. The molecule has 0 aliphatic carbocycles. The normalized spacial score (nSPS) is 26.0. The summed E-state index contributed by atoms with van der Waals surface area (Å²) in [5.41, 5.74) is -0.212. The van der Waals surface area contributed by atoms with E-state index in [1.807, 2.05) is 0 Å². The van der Waals surface area contributed by atoms with Gasteiger partial charge in [0.2, 0.25) is 5.91 Å². The van der Waals surface area contributed by atoms with Gasteiger partial charge < -0.3 is 25.0 Å². The second kappa shape index (κ2) is 6.80. The molecule has 0 unspecified atom stereocenters. The van der Waals surface area contributed by atoms with Crippen LogP contribution in [-0.4, -0.2) is 62.5 Å². The van der Waals surface area contributed by atoms with Gasteiger partial charge in [0.05, 0.1) is 31.4 Å². The van der Waals surface area contributed by atoms with Crippen molar-refractivity contribution in [2.75, 3.05) is 36.0 Å². The van der Waals surface area contributed by atoms with Crippen LogP contribution >= 0.6 is 0 Å². The monoisotopic (exact) mass is 396 g/mol. The van der Waals surface area contributed by atoms with Gasteiger partial charge in [-0.05, 0) is 0 Å². The third-order valence-electron chi connectivity index (χ3n) is 4.91. The van der Waals surface area contributed by atoms with Crippen LogP contribution in [0.15, 0.2) is 12.1 Å². The van der Waals surface area contributed by atoms with Gasteiger partial charge in [0.25, 0.3) is 0 Å². The molecule has 3 saturated heterocycles. The van der Waals surface area contributed by atoms with Crippen LogP contribution in [-0.2, 0) is 14.3 Å². The maximum atomic E-state index is 14.7. The molecule has 3 aliphatic rings. The first kappa shape index (κ1) is 18.3. The van der Waals surface area contributed by atoms with Gasteiger partial charge in [-0.3, -0.25) is 9.69 Å². The van der Waals surface area contributed by atoms with Crippen LogP contribution in [0.25, 0.3) is 0 Å². The van der Waals surface area contributed by atoms with E-state index in [9.17, 15) is 23.2 Å². The quantitative estimate of drug-likeness (QED) is 0.778. The molecule has 9 nitrogen and oxygen atoms in total. The summed E-state index contributed by atoms with van der Waals surface area (Å²) in [5, 5.41) is 5.13. The molecular formula is C17H18F2N4O5. The number of anilines is 2. The minimum absolute atomic E-state index is 0.0259. The summed E-state index contributed by atoms with van der Waals surface area (Å²) in [7, 11) is 0. The molecule has 3 atom stereocenters. The largest absolute Gasteiger partial charge is 0.442 e. The van der Waals surface area contributed by atoms with Crippen LogP contribution in [0, 0.1) is 11.6 Å². The van der Waals surface area contributed by atoms with E-state index in [1.165, 1.54) is 11.8 Å². The molecule has 28 heavy (non-hydrogen) atoms. The zero-order chi connectivity index (χ0) is 20.0. The van der Waals surface area contributed by atoms with E-state index in [2.05, 4.69) is 10.6 Å². The molecule has 2 N–H and O–H groups in total. The van der Waals surface area contributed by atoms with E-state index in [0.29, 0.717) is 0 Å². The highest BCUT2D eigenvalue weighted by molar-refractivity contribution is 5.90. The van der Waals surface area contributed by atoms with Crippen LogP contribution in [0.4, 0.5) is 29.7 Å². The van der Waals surface area contributed by atoms with Crippen molar-refractivity contribution in [2.45, 2.75) is 25.2 Å². The van der Waals surface area contributed by atoms with Crippen molar-refractivity contribution in [1.82, 2.24) is 10.6 Å². The van der Waals surface area contributed by atoms with E-state index in [4.69, 9.17) is 9.47 Å². The SMILES string of the molecule is CC(=O)NC[C@H]1CN(c2cc(F)c(N3C[C@@H]4NC(=O)O[C@@H]4C3)c(F)c2)C(=O)O1. The molecule has 3 fully saturated rings. The van der Waals surface area contributed by atoms with Gasteiger partial charge in [0.1, 0.15) is 17.9 Å². The molecule has 11 heteroatoms. The molecule has 4 rings (SSSR count). The Morgan fingerprint density at radius 1 is 1.21 bits per heavy atom. The smallest absolute Gasteiger partial charge is 0.414 e. The van der Waals surface area contributed by atoms with Crippen molar-refractivity contribution < 1.29 is 32.6 Å². The van der Waals surface area contributed by atoms with Gasteiger partial charge >= 0.3 is 12.2 Å². The van der Waals surface area contributed by atoms with Crippen molar-refractivity contribution in [1.29, 1.82) is 0 Å². The summed E-state index contributed by atoms with van der Waals surface area (Å²) in [6, 6.07) is 1.80. The summed E-state index contributed by atoms with van der Waals surface area (Å²) in [4.78, 5) is 36.8. The number of fused-ring (bicyclic) bond motifs is 1. The van der Waals surface area contributed by atoms with Gasteiger partial charge in [-0.2, -0.15) is 0 Å². The lowest BCUT2D eigenvalue weighted by Crippen LogP contribution is -2.33. The topological polar surface area (TPSA) is 100 Å². The number of hydrogen-bond donors (Lipinski definition) is 2. The number of rotatable bonds is 4. The Hall–Kier alpha value is -3.11. The first-order chi connectivity index (χ1) is 13.3. The number of ether oxygens (including phenoxy) is 2. The van der Waals surface area contributed by atoms with Crippen molar-refractivity contribution in [3.05, 3.63) is 23.8 Å². The Kier molecular flexibility index (Phi) is 4.44. The fourth-order valence-corrected chi connectivity index (χ4v) is 3.64. The Morgan fingerprint density at radius 3 is 2.57 bits per heavy atom. The van der Waals surface area contributed by atoms with Crippen LogP contribution in [0.5, 0.6) is 0 Å². The lowest BCUT2D eigenvalue weighted by atomic mass is 10.2. The Morgan fingerprint density at radius 2 is 1.93 bits per heavy atom. The number of carbonyl (C=O) groups is 3. The highest BCUT2D eigenvalue weighted by Crippen LogP contribution is 2.34. The van der Waals surface area contributed by atoms with E-state index in [1.54, 1.807) is 0 Å². The fourth-order valence-electron chi connectivity index (χ4n) is 3.64. The lowest BCUT2D eigenvalue weighted by molar-refractivity contribution is -0.119. The van der Waals surface area contributed by atoms with E-state index < -0.39 is 36.0 Å². The number of amides is 3. The number of halogens is 2. The molecule has 0 bridgehead atoms. The summed E-state index contributed by atoms with van der Waals surface area (Å²) < 4.78 is 39.6. The van der Waals surface area contributed by atoms with E-state index in [0.717, 1.165) is 17.0 Å². The van der Waals surface area contributed by atoms with Crippen molar-refractivity contribution in [3.63, 3.8) is 0 Å². The number of carbonyl (C=O) groups excluding carboxylic acids is 3.